The minimum atomic E-state index is -1.07. The maximum atomic E-state index is 13.7. The molecule has 3 aliphatic rings. The number of piperidine rings is 1. The van der Waals surface area contributed by atoms with E-state index in [9.17, 15) is 24.0 Å². The van der Waals surface area contributed by atoms with Gasteiger partial charge in [-0.25, -0.2) is 4.79 Å². The number of rotatable bonds is 4. The number of carbonyl (C=O) groups excluding carboxylic acids is 5. The molecule has 2 N–H and O–H groups in total. The molecule has 208 valence electrons. The number of nitrogens with one attached hydrogen (secondary N) is 2. The SMILES string of the molecule is Cc1cc(-c2cc3c(cc2Nc2cccc4c2C(=O)N([C@H]2CCC(=O)NC2=O)C4=O)N(C)C(=O)OC3C)cc(C)n1. The van der Waals surface area contributed by atoms with E-state index in [2.05, 4.69) is 15.6 Å². The van der Waals surface area contributed by atoms with Crippen molar-refractivity contribution in [1.82, 2.24) is 15.2 Å². The van der Waals surface area contributed by atoms with E-state index < -0.39 is 41.9 Å². The van der Waals surface area contributed by atoms with Crippen molar-refractivity contribution in [2.24, 2.45) is 0 Å². The summed E-state index contributed by atoms with van der Waals surface area (Å²) in [6, 6.07) is 11.5. The Morgan fingerprint density at radius 3 is 2.39 bits per heavy atom. The molecule has 0 spiro atoms. The van der Waals surface area contributed by atoms with Gasteiger partial charge in [-0.3, -0.25) is 39.3 Å². The Morgan fingerprint density at radius 1 is 0.951 bits per heavy atom. The van der Waals surface area contributed by atoms with Crippen LogP contribution in [0.2, 0.25) is 0 Å². The van der Waals surface area contributed by atoms with Crippen LogP contribution in [0.3, 0.4) is 0 Å². The highest BCUT2D eigenvalue weighted by Crippen LogP contribution is 2.43. The molecule has 0 saturated carbocycles. The zero-order valence-corrected chi connectivity index (χ0v) is 22.9. The van der Waals surface area contributed by atoms with Gasteiger partial charge in [0, 0.05) is 41.7 Å². The average Bonchev–Trinajstić information content (AvgIpc) is 3.17. The molecule has 3 aliphatic heterocycles. The Hall–Kier alpha value is -5.06. The van der Waals surface area contributed by atoms with Crippen LogP contribution in [0.5, 0.6) is 0 Å². The summed E-state index contributed by atoms with van der Waals surface area (Å²) < 4.78 is 5.51. The molecule has 1 aromatic heterocycles. The van der Waals surface area contributed by atoms with Crippen molar-refractivity contribution in [2.45, 2.75) is 45.8 Å². The first-order valence-electron chi connectivity index (χ1n) is 13.2. The molecule has 6 rings (SSSR count). The minimum Gasteiger partial charge on any atom is -0.441 e. The molecule has 0 bridgehead atoms. The van der Waals surface area contributed by atoms with Crippen LogP contribution in [0.1, 0.15) is 63.5 Å². The molecule has 1 fully saturated rings. The molecule has 41 heavy (non-hydrogen) atoms. The fourth-order valence-corrected chi connectivity index (χ4v) is 5.71. The second kappa shape index (κ2) is 9.54. The number of benzene rings is 2. The smallest absolute Gasteiger partial charge is 0.414 e. The molecule has 11 heteroatoms. The first-order valence-corrected chi connectivity index (χ1v) is 13.2. The summed E-state index contributed by atoms with van der Waals surface area (Å²) in [5, 5.41) is 5.57. The third kappa shape index (κ3) is 4.30. The molecule has 3 aromatic rings. The van der Waals surface area contributed by atoms with Crippen LogP contribution in [0.15, 0.2) is 42.5 Å². The Balaban J connectivity index is 1.47. The first-order chi connectivity index (χ1) is 19.5. The minimum absolute atomic E-state index is 0.0343. The molecular formula is C30H27N5O6. The van der Waals surface area contributed by atoms with E-state index in [0.717, 1.165) is 33.0 Å². The van der Waals surface area contributed by atoms with Crippen LogP contribution in [0.25, 0.3) is 11.1 Å². The number of pyridine rings is 1. The van der Waals surface area contributed by atoms with Gasteiger partial charge in [-0.2, -0.15) is 0 Å². The summed E-state index contributed by atoms with van der Waals surface area (Å²) in [5.74, 6) is -2.32. The monoisotopic (exact) mass is 553 g/mol. The van der Waals surface area contributed by atoms with E-state index in [0.29, 0.717) is 17.1 Å². The van der Waals surface area contributed by atoms with Crippen LogP contribution < -0.4 is 15.5 Å². The van der Waals surface area contributed by atoms with Gasteiger partial charge in [0.15, 0.2) is 0 Å². The van der Waals surface area contributed by atoms with Gasteiger partial charge in [0.1, 0.15) is 12.1 Å². The third-order valence-corrected chi connectivity index (χ3v) is 7.65. The van der Waals surface area contributed by atoms with E-state index in [1.807, 2.05) is 45.0 Å². The summed E-state index contributed by atoms with van der Waals surface area (Å²) in [6.45, 7) is 5.61. The lowest BCUT2D eigenvalue weighted by Gasteiger charge is -2.31. The van der Waals surface area contributed by atoms with Gasteiger partial charge in [0.25, 0.3) is 11.8 Å². The second-order valence-electron chi connectivity index (χ2n) is 10.5. The lowest BCUT2D eigenvalue weighted by Crippen LogP contribution is -2.54. The molecule has 1 unspecified atom stereocenters. The van der Waals surface area contributed by atoms with Crippen LogP contribution in [-0.4, -0.2) is 52.7 Å². The second-order valence-corrected chi connectivity index (χ2v) is 10.5. The largest absolute Gasteiger partial charge is 0.441 e. The number of cyclic esters (lactones) is 1. The normalized spacial score (nSPS) is 20.0. The lowest BCUT2D eigenvalue weighted by atomic mass is 9.95. The molecule has 11 nitrogen and oxygen atoms in total. The van der Waals surface area contributed by atoms with Crippen LogP contribution in [0, 0.1) is 13.8 Å². The molecule has 5 amide bonds. The van der Waals surface area contributed by atoms with Crippen LogP contribution >= 0.6 is 0 Å². The van der Waals surface area contributed by atoms with Crippen molar-refractivity contribution in [3.8, 4) is 11.1 Å². The number of aromatic nitrogens is 1. The zero-order valence-electron chi connectivity index (χ0n) is 22.9. The highest BCUT2D eigenvalue weighted by Gasteiger charge is 2.45. The quantitative estimate of drug-likeness (QED) is 0.460. The Bertz CT molecular complexity index is 1680. The van der Waals surface area contributed by atoms with Gasteiger partial charge in [-0.05, 0) is 69.2 Å². The number of carbonyl (C=O) groups is 5. The number of imide groups is 2. The van der Waals surface area contributed by atoms with Gasteiger partial charge in [0.05, 0.1) is 22.5 Å². The summed E-state index contributed by atoms with van der Waals surface area (Å²) in [4.78, 5) is 70.6. The first kappa shape index (κ1) is 26.2. The molecular weight excluding hydrogens is 526 g/mol. The highest BCUT2D eigenvalue weighted by molar-refractivity contribution is 6.25. The predicted molar refractivity (Wildman–Crippen MR) is 149 cm³/mol. The Labute approximate surface area is 235 Å². The van der Waals surface area contributed by atoms with Crippen molar-refractivity contribution < 1.29 is 28.7 Å². The summed E-state index contributed by atoms with van der Waals surface area (Å²) in [5.41, 5.74) is 6.01. The fraction of sp³-hybridized carbons (Fsp3) is 0.267. The maximum absolute atomic E-state index is 13.7. The fourth-order valence-electron chi connectivity index (χ4n) is 5.71. The van der Waals surface area contributed by atoms with Crippen molar-refractivity contribution >= 4 is 46.8 Å². The zero-order chi connectivity index (χ0) is 29.2. The summed E-state index contributed by atoms with van der Waals surface area (Å²) in [7, 11) is 1.62. The van der Waals surface area contributed by atoms with E-state index in [-0.39, 0.29) is 24.0 Å². The van der Waals surface area contributed by atoms with Crippen molar-refractivity contribution in [2.75, 3.05) is 17.3 Å². The number of hydrogen-bond acceptors (Lipinski definition) is 8. The average molecular weight is 554 g/mol. The third-order valence-electron chi connectivity index (χ3n) is 7.65. The van der Waals surface area contributed by atoms with Gasteiger partial charge in [-0.1, -0.05) is 6.07 Å². The van der Waals surface area contributed by atoms with Gasteiger partial charge < -0.3 is 10.1 Å². The van der Waals surface area contributed by atoms with Crippen LogP contribution in [0.4, 0.5) is 21.9 Å². The molecule has 0 aliphatic carbocycles. The maximum Gasteiger partial charge on any atom is 0.414 e. The number of hydrogen-bond donors (Lipinski definition) is 2. The molecule has 1 saturated heterocycles. The topological polar surface area (TPSA) is 138 Å². The van der Waals surface area contributed by atoms with Gasteiger partial charge in [-0.15, -0.1) is 0 Å². The molecule has 2 atom stereocenters. The van der Waals surface area contributed by atoms with Gasteiger partial charge in [0.2, 0.25) is 11.8 Å². The Kier molecular flexibility index (Phi) is 6.09. The van der Waals surface area contributed by atoms with Gasteiger partial charge >= 0.3 is 6.09 Å². The number of anilines is 3. The van der Waals surface area contributed by atoms with E-state index in [4.69, 9.17) is 4.74 Å². The molecule has 2 aromatic carbocycles. The number of nitrogens with zero attached hydrogens (tertiary/aromatic N) is 3. The number of amides is 5. The van der Waals surface area contributed by atoms with E-state index >= 15 is 0 Å². The summed E-state index contributed by atoms with van der Waals surface area (Å²) in [6.07, 6.45) is -0.866. The molecule has 0 radical (unpaired) electrons. The summed E-state index contributed by atoms with van der Waals surface area (Å²) >= 11 is 0. The van der Waals surface area contributed by atoms with Crippen molar-refractivity contribution in [3.63, 3.8) is 0 Å². The Morgan fingerprint density at radius 2 is 1.68 bits per heavy atom. The van der Waals surface area contributed by atoms with Crippen LogP contribution in [-0.2, 0) is 14.3 Å². The lowest BCUT2D eigenvalue weighted by molar-refractivity contribution is -0.136. The number of ether oxygens (including phenoxy) is 1. The standard InChI is InChI=1S/C30H27N5O6/c1-14-10-17(11-15(2)31-14)20-12-19-16(3)41-30(40)34(4)24(19)13-22(20)32-21-7-5-6-18-26(21)29(39)35(28(18)38)23-8-9-25(36)33-27(23)37/h5-7,10-13,16,23,32H,8-9H2,1-4H3,(H,33,36,37)/t16?,23-/m0/s1. The highest BCUT2D eigenvalue weighted by atomic mass is 16.6. The predicted octanol–water partition coefficient (Wildman–Crippen LogP) is 4.16. The number of fused-ring (bicyclic) bond motifs is 2. The van der Waals surface area contributed by atoms with E-state index in [1.165, 1.54) is 4.90 Å². The van der Waals surface area contributed by atoms with E-state index in [1.54, 1.807) is 25.2 Å². The molecule has 4 heterocycles. The van der Waals surface area contributed by atoms with Crippen molar-refractivity contribution in [1.29, 1.82) is 0 Å². The van der Waals surface area contributed by atoms with Crippen molar-refractivity contribution in [3.05, 3.63) is 70.5 Å². The number of aryl methyl sites for hydroxylation is 2.